The Labute approximate surface area is 167 Å². The number of carbonyl (C=O) groups excluding carboxylic acids is 1. The Hall–Kier alpha value is -4.24. The molecule has 0 bridgehead atoms. The zero-order valence-corrected chi connectivity index (χ0v) is 15.9. The molecule has 0 aliphatic rings. The van der Waals surface area contributed by atoms with Crippen LogP contribution < -0.4 is 10.6 Å². The molecule has 2 heterocycles. The minimum absolute atomic E-state index is 0.161. The minimum Gasteiger partial charge on any atom is -0.337 e. The molecular formula is C20H18N8O. The largest absolute Gasteiger partial charge is 0.337 e. The lowest BCUT2D eigenvalue weighted by Crippen LogP contribution is -2.31. The highest BCUT2D eigenvalue weighted by Gasteiger charge is 2.11. The van der Waals surface area contributed by atoms with Gasteiger partial charge in [0.05, 0.1) is 29.7 Å². The number of hydrogen-bond donors (Lipinski definition) is 2. The molecule has 2 aromatic heterocycles. The topological polar surface area (TPSA) is 132 Å². The van der Waals surface area contributed by atoms with Crippen molar-refractivity contribution < 1.29 is 4.79 Å². The maximum atomic E-state index is 12.1. The van der Waals surface area contributed by atoms with Crippen LogP contribution in [0.2, 0.25) is 0 Å². The fourth-order valence-electron chi connectivity index (χ4n) is 2.60. The van der Waals surface area contributed by atoms with Crippen LogP contribution in [-0.2, 0) is 6.54 Å². The third kappa shape index (κ3) is 4.73. The monoisotopic (exact) mass is 386 g/mol. The summed E-state index contributed by atoms with van der Waals surface area (Å²) in [6, 6.07) is 10.4. The molecule has 0 saturated carbocycles. The quantitative estimate of drug-likeness (QED) is 0.665. The lowest BCUT2D eigenvalue weighted by molar-refractivity contribution is 0.0948. The molecule has 3 aromatic rings. The van der Waals surface area contributed by atoms with Crippen molar-refractivity contribution in [2.24, 2.45) is 0 Å². The number of amides is 1. The number of aromatic nitrogens is 4. The molecule has 9 heteroatoms. The van der Waals surface area contributed by atoms with E-state index in [1.807, 2.05) is 19.1 Å². The van der Waals surface area contributed by atoms with Gasteiger partial charge in [-0.1, -0.05) is 12.1 Å². The van der Waals surface area contributed by atoms with Gasteiger partial charge in [0, 0.05) is 23.5 Å². The normalized spacial score (nSPS) is 11.2. The summed E-state index contributed by atoms with van der Waals surface area (Å²) in [5.41, 5.74) is 3.58. The molecule has 3 rings (SSSR count). The second kappa shape index (κ2) is 8.63. The third-order valence-electron chi connectivity index (χ3n) is 4.06. The van der Waals surface area contributed by atoms with E-state index in [1.54, 1.807) is 49.8 Å². The van der Waals surface area contributed by atoms with Crippen LogP contribution in [0.5, 0.6) is 0 Å². The highest BCUT2D eigenvalue weighted by molar-refractivity contribution is 5.95. The van der Waals surface area contributed by atoms with Gasteiger partial charge in [0.25, 0.3) is 5.91 Å². The van der Waals surface area contributed by atoms with Gasteiger partial charge in [0.1, 0.15) is 12.6 Å². The molecule has 1 aromatic carbocycles. The molecule has 0 aliphatic carbocycles. The fourth-order valence-corrected chi connectivity index (χ4v) is 2.60. The van der Waals surface area contributed by atoms with E-state index in [1.165, 1.54) is 4.68 Å². The molecule has 2 N–H and O–H groups in total. The molecule has 1 amide bonds. The summed E-state index contributed by atoms with van der Waals surface area (Å²) in [5.74, 6) is 0.0912. The van der Waals surface area contributed by atoms with E-state index >= 15 is 0 Å². The minimum atomic E-state index is -0.558. The van der Waals surface area contributed by atoms with Gasteiger partial charge in [-0.15, -0.1) is 0 Å². The van der Waals surface area contributed by atoms with E-state index in [2.05, 4.69) is 25.7 Å². The van der Waals surface area contributed by atoms with Gasteiger partial charge in [-0.25, -0.2) is 9.97 Å². The zero-order valence-electron chi connectivity index (χ0n) is 15.9. The summed E-state index contributed by atoms with van der Waals surface area (Å²) >= 11 is 0. The first-order valence-corrected chi connectivity index (χ1v) is 8.81. The predicted molar refractivity (Wildman–Crippen MR) is 106 cm³/mol. The Morgan fingerprint density at radius 2 is 2.00 bits per heavy atom. The summed E-state index contributed by atoms with van der Waals surface area (Å²) in [7, 11) is 0. The number of rotatable bonds is 6. The molecule has 9 nitrogen and oxygen atoms in total. The molecular weight excluding hydrogens is 368 g/mol. The lowest BCUT2D eigenvalue weighted by atomic mass is 10.1. The van der Waals surface area contributed by atoms with Crippen LogP contribution in [0.15, 0.2) is 42.9 Å². The molecule has 29 heavy (non-hydrogen) atoms. The number of nitriles is 2. The van der Waals surface area contributed by atoms with Gasteiger partial charge in [-0.05, 0) is 31.5 Å². The highest BCUT2D eigenvalue weighted by atomic mass is 16.1. The second-order valence-electron chi connectivity index (χ2n) is 6.34. The Morgan fingerprint density at radius 1 is 1.24 bits per heavy atom. The van der Waals surface area contributed by atoms with Crippen molar-refractivity contribution in [3.05, 3.63) is 54.0 Å². The van der Waals surface area contributed by atoms with Crippen LogP contribution in [0, 0.1) is 29.6 Å². The average molecular weight is 386 g/mol. The maximum absolute atomic E-state index is 12.1. The Morgan fingerprint density at radius 3 is 2.69 bits per heavy atom. The maximum Gasteiger partial charge on any atom is 0.252 e. The first-order chi connectivity index (χ1) is 14.0. The van der Waals surface area contributed by atoms with E-state index in [0.29, 0.717) is 17.2 Å². The zero-order chi connectivity index (χ0) is 20.8. The Kier molecular flexibility index (Phi) is 5.81. The summed E-state index contributed by atoms with van der Waals surface area (Å²) in [4.78, 5) is 21.0. The van der Waals surface area contributed by atoms with Gasteiger partial charge in [0.15, 0.2) is 0 Å². The number of nitrogens with one attached hydrogen (secondary N) is 2. The van der Waals surface area contributed by atoms with E-state index in [-0.39, 0.29) is 12.5 Å². The average Bonchev–Trinajstić information content (AvgIpc) is 3.16. The fraction of sp³-hybridized carbons (Fsp3) is 0.200. The number of nitrogens with zero attached hydrogens (tertiary/aromatic N) is 6. The van der Waals surface area contributed by atoms with Gasteiger partial charge in [0.2, 0.25) is 5.95 Å². The first-order valence-electron chi connectivity index (χ1n) is 8.81. The van der Waals surface area contributed by atoms with Gasteiger partial charge < -0.3 is 10.6 Å². The summed E-state index contributed by atoms with van der Waals surface area (Å²) < 4.78 is 1.51. The summed E-state index contributed by atoms with van der Waals surface area (Å²) in [6.45, 7) is 3.68. The van der Waals surface area contributed by atoms with E-state index in [4.69, 9.17) is 10.5 Å². The number of benzene rings is 1. The standard InChI is InChI=1S/C20H18N8O/c1-13-10-23-20(26-17-11-24-28(12-17)8-7-21)27-18(13)15-3-5-16(6-4-15)19(29)25-14(2)9-22/h3-6,10-12,14H,8H2,1-2H3,(H,25,29)(H,23,26,27). The molecule has 0 spiro atoms. The van der Waals surface area contributed by atoms with Crippen LogP contribution in [0.4, 0.5) is 11.6 Å². The molecule has 0 saturated heterocycles. The molecule has 144 valence electrons. The number of hydrogen-bond acceptors (Lipinski definition) is 7. The summed E-state index contributed by atoms with van der Waals surface area (Å²) in [5, 5.41) is 27.3. The van der Waals surface area contributed by atoms with Crippen molar-refractivity contribution >= 4 is 17.5 Å². The van der Waals surface area contributed by atoms with Gasteiger partial charge in [-0.2, -0.15) is 15.6 Å². The number of aryl methyl sites for hydroxylation is 1. The second-order valence-corrected chi connectivity index (χ2v) is 6.34. The van der Waals surface area contributed by atoms with Crippen LogP contribution >= 0.6 is 0 Å². The van der Waals surface area contributed by atoms with E-state index in [9.17, 15) is 4.79 Å². The van der Waals surface area contributed by atoms with Crippen LogP contribution in [0.25, 0.3) is 11.3 Å². The number of carbonyl (C=O) groups is 1. The van der Waals surface area contributed by atoms with Crippen molar-refractivity contribution in [1.29, 1.82) is 10.5 Å². The summed E-state index contributed by atoms with van der Waals surface area (Å²) in [6.07, 6.45) is 5.00. The smallest absolute Gasteiger partial charge is 0.252 e. The van der Waals surface area contributed by atoms with Crippen molar-refractivity contribution in [3.63, 3.8) is 0 Å². The van der Waals surface area contributed by atoms with Crippen molar-refractivity contribution in [3.8, 4) is 23.4 Å². The molecule has 0 radical (unpaired) electrons. The van der Waals surface area contributed by atoms with Crippen LogP contribution in [0.3, 0.4) is 0 Å². The van der Waals surface area contributed by atoms with Crippen molar-refractivity contribution in [1.82, 2.24) is 25.1 Å². The highest BCUT2D eigenvalue weighted by Crippen LogP contribution is 2.23. The van der Waals surface area contributed by atoms with Crippen LogP contribution in [0.1, 0.15) is 22.8 Å². The lowest BCUT2D eigenvalue weighted by Gasteiger charge is -2.10. The van der Waals surface area contributed by atoms with Crippen molar-refractivity contribution in [2.75, 3.05) is 5.32 Å². The van der Waals surface area contributed by atoms with Crippen LogP contribution in [-0.4, -0.2) is 31.7 Å². The molecule has 0 fully saturated rings. The molecule has 0 aliphatic heterocycles. The first kappa shape index (κ1) is 19.5. The third-order valence-corrected chi connectivity index (χ3v) is 4.06. The molecule has 1 atom stereocenters. The van der Waals surface area contributed by atoms with Crippen molar-refractivity contribution in [2.45, 2.75) is 26.4 Å². The number of anilines is 2. The van der Waals surface area contributed by atoms with E-state index in [0.717, 1.165) is 16.8 Å². The Bertz CT molecular complexity index is 1100. The Balaban J connectivity index is 1.79. The van der Waals surface area contributed by atoms with Gasteiger partial charge in [-0.3, -0.25) is 9.48 Å². The van der Waals surface area contributed by atoms with E-state index < -0.39 is 6.04 Å². The molecule has 1 unspecified atom stereocenters. The predicted octanol–water partition coefficient (Wildman–Crippen LogP) is 2.56. The van der Waals surface area contributed by atoms with Gasteiger partial charge >= 0.3 is 0 Å². The SMILES string of the molecule is Cc1cnc(Nc2cnn(CC#N)c2)nc1-c1ccc(C(=O)NC(C)C#N)cc1.